The average molecular weight is 221 g/mol. The Kier molecular flexibility index (Phi) is 2.32. The first-order valence-electron chi connectivity index (χ1n) is 4.43. The Morgan fingerprint density at radius 1 is 1.44 bits per heavy atom. The molecular formula is C10H8FN3O2. The van der Waals surface area contributed by atoms with Gasteiger partial charge in [0.05, 0.1) is 0 Å². The Morgan fingerprint density at radius 3 is 2.75 bits per heavy atom. The number of H-pyrrole nitrogens is 1. The Balaban J connectivity index is 2.64. The molecule has 0 spiro atoms. The van der Waals surface area contributed by atoms with E-state index in [4.69, 9.17) is 10.8 Å². The molecule has 0 aliphatic carbocycles. The van der Waals surface area contributed by atoms with Crippen LogP contribution in [0.1, 0.15) is 10.5 Å². The molecule has 1 heterocycles. The van der Waals surface area contributed by atoms with Gasteiger partial charge in [-0.3, -0.25) is 0 Å². The molecule has 0 saturated heterocycles. The van der Waals surface area contributed by atoms with Crippen molar-refractivity contribution in [1.82, 2.24) is 9.97 Å². The maximum Gasteiger partial charge on any atom is 0.354 e. The van der Waals surface area contributed by atoms with Crippen LogP contribution in [0.15, 0.2) is 24.3 Å². The lowest BCUT2D eigenvalue weighted by Crippen LogP contribution is -2.00. The third kappa shape index (κ3) is 1.60. The van der Waals surface area contributed by atoms with Gasteiger partial charge in [-0.1, -0.05) is 12.1 Å². The van der Waals surface area contributed by atoms with Crippen molar-refractivity contribution in [3.63, 3.8) is 0 Å². The number of nitrogens with one attached hydrogen (secondary N) is 1. The van der Waals surface area contributed by atoms with Crippen molar-refractivity contribution in [2.45, 2.75) is 0 Å². The van der Waals surface area contributed by atoms with Crippen molar-refractivity contribution < 1.29 is 14.3 Å². The number of carbonyl (C=O) groups is 1. The van der Waals surface area contributed by atoms with Crippen LogP contribution < -0.4 is 5.73 Å². The third-order valence-corrected chi connectivity index (χ3v) is 2.06. The maximum absolute atomic E-state index is 13.4. The summed E-state index contributed by atoms with van der Waals surface area (Å²) in [5.41, 5.74) is 5.24. The van der Waals surface area contributed by atoms with Crippen molar-refractivity contribution in [2.75, 3.05) is 5.73 Å². The third-order valence-electron chi connectivity index (χ3n) is 2.06. The first-order chi connectivity index (χ1) is 7.59. The molecule has 4 N–H and O–H groups in total. The molecule has 1 aromatic heterocycles. The van der Waals surface area contributed by atoms with Crippen LogP contribution in [-0.2, 0) is 0 Å². The number of anilines is 1. The van der Waals surface area contributed by atoms with Crippen LogP contribution in [0.5, 0.6) is 0 Å². The van der Waals surface area contributed by atoms with E-state index in [1.165, 1.54) is 18.2 Å². The fourth-order valence-electron chi connectivity index (χ4n) is 1.39. The predicted octanol–water partition coefficient (Wildman–Crippen LogP) is 1.50. The SMILES string of the molecule is Nc1nc(-c2ccccc2F)c(C(=O)O)[nH]1. The standard InChI is InChI=1S/C10H8FN3O2/c11-6-4-2-1-3-5(6)7-8(9(15)16)14-10(12)13-7/h1-4H,(H,15,16)(H3,12,13,14). The van der Waals surface area contributed by atoms with E-state index in [0.717, 1.165) is 0 Å². The molecule has 2 aromatic rings. The molecule has 0 bridgehead atoms. The van der Waals surface area contributed by atoms with E-state index < -0.39 is 11.8 Å². The normalized spacial score (nSPS) is 10.3. The fourth-order valence-corrected chi connectivity index (χ4v) is 1.39. The monoisotopic (exact) mass is 221 g/mol. The van der Waals surface area contributed by atoms with Crippen LogP contribution >= 0.6 is 0 Å². The molecule has 16 heavy (non-hydrogen) atoms. The number of aromatic amines is 1. The van der Waals surface area contributed by atoms with Gasteiger partial charge in [0.15, 0.2) is 11.6 Å². The lowest BCUT2D eigenvalue weighted by atomic mass is 10.1. The van der Waals surface area contributed by atoms with Gasteiger partial charge in [-0.05, 0) is 12.1 Å². The van der Waals surface area contributed by atoms with Crippen LogP contribution in [0.25, 0.3) is 11.3 Å². The quantitative estimate of drug-likeness (QED) is 0.716. The largest absolute Gasteiger partial charge is 0.477 e. The molecule has 0 unspecified atom stereocenters. The summed E-state index contributed by atoms with van der Waals surface area (Å²) in [6, 6.07) is 5.77. The first-order valence-corrected chi connectivity index (χ1v) is 4.43. The molecule has 5 nitrogen and oxygen atoms in total. The highest BCUT2D eigenvalue weighted by atomic mass is 19.1. The van der Waals surface area contributed by atoms with E-state index in [9.17, 15) is 9.18 Å². The van der Waals surface area contributed by atoms with Crippen molar-refractivity contribution >= 4 is 11.9 Å². The number of nitrogen functional groups attached to an aromatic ring is 1. The summed E-state index contributed by atoms with van der Waals surface area (Å²) in [7, 11) is 0. The van der Waals surface area contributed by atoms with Crippen LogP contribution in [-0.4, -0.2) is 21.0 Å². The highest BCUT2D eigenvalue weighted by Crippen LogP contribution is 2.24. The van der Waals surface area contributed by atoms with Crippen molar-refractivity contribution in [3.05, 3.63) is 35.8 Å². The second kappa shape index (κ2) is 3.65. The number of aromatic carboxylic acids is 1. The molecule has 0 aliphatic heterocycles. The molecule has 0 radical (unpaired) electrons. The van der Waals surface area contributed by atoms with Crippen LogP contribution in [0.2, 0.25) is 0 Å². The maximum atomic E-state index is 13.4. The number of carboxylic acid groups (broad SMARTS) is 1. The summed E-state index contributed by atoms with van der Waals surface area (Å²) >= 11 is 0. The smallest absolute Gasteiger partial charge is 0.354 e. The van der Waals surface area contributed by atoms with E-state index >= 15 is 0 Å². The molecule has 0 fully saturated rings. The van der Waals surface area contributed by atoms with Gasteiger partial charge < -0.3 is 15.8 Å². The number of hydrogen-bond acceptors (Lipinski definition) is 3. The van der Waals surface area contributed by atoms with Gasteiger partial charge in [0.2, 0.25) is 0 Å². The zero-order chi connectivity index (χ0) is 11.7. The molecule has 6 heteroatoms. The molecule has 0 amide bonds. The zero-order valence-corrected chi connectivity index (χ0v) is 8.07. The Hall–Kier alpha value is -2.37. The second-order valence-electron chi connectivity index (χ2n) is 3.13. The second-order valence-corrected chi connectivity index (χ2v) is 3.13. The number of nitrogens with zero attached hydrogens (tertiary/aromatic N) is 1. The van der Waals surface area contributed by atoms with Crippen LogP contribution in [0.3, 0.4) is 0 Å². The van der Waals surface area contributed by atoms with Crippen LogP contribution in [0.4, 0.5) is 10.3 Å². The van der Waals surface area contributed by atoms with E-state index in [0.29, 0.717) is 0 Å². The Bertz CT molecular complexity index is 551. The lowest BCUT2D eigenvalue weighted by Gasteiger charge is -1.99. The number of nitrogens with two attached hydrogens (primary N) is 1. The molecule has 2 rings (SSSR count). The summed E-state index contributed by atoms with van der Waals surface area (Å²) in [6.45, 7) is 0. The molecule has 0 atom stereocenters. The number of imidazole rings is 1. The Labute approximate surface area is 89.7 Å². The fraction of sp³-hybridized carbons (Fsp3) is 0. The average Bonchev–Trinajstić information content (AvgIpc) is 2.61. The minimum atomic E-state index is -1.23. The minimum absolute atomic E-state index is 0.00287. The zero-order valence-electron chi connectivity index (χ0n) is 8.07. The summed E-state index contributed by atoms with van der Waals surface area (Å²) in [5.74, 6) is -1.84. The molecular weight excluding hydrogens is 213 g/mol. The highest BCUT2D eigenvalue weighted by Gasteiger charge is 2.19. The van der Waals surface area contributed by atoms with Gasteiger partial charge in [0, 0.05) is 5.56 Å². The van der Waals surface area contributed by atoms with Gasteiger partial charge in [-0.2, -0.15) is 0 Å². The van der Waals surface area contributed by atoms with E-state index in [1.807, 2.05) is 0 Å². The van der Waals surface area contributed by atoms with Gasteiger partial charge in [-0.15, -0.1) is 0 Å². The summed E-state index contributed by atoms with van der Waals surface area (Å²) < 4.78 is 13.4. The van der Waals surface area contributed by atoms with Crippen LogP contribution in [0, 0.1) is 5.82 Å². The number of hydrogen-bond donors (Lipinski definition) is 3. The van der Waals surface area contributed by atoms with Gasteiger partial charge in [-0.25, -0.2) is 14.2 Å². The first kappa shape index (κ1) is 10.2. The molecule has 1 aromatic carbocycles. The van der Waals surface area contributed by atoms with Crippen molar-refractivity contribution in [3.8, 4) is 11.3 Å². The number of benzene rings is 1. The number of carboxylic acids is 1. The van der Waals surface area contributed by atoms with E-state index in [2.05, 4.69) is 9.97 Å². The topological polar surface area (TPSA) is 92.0 Å². The van der Waals surface area contributed by atoms with E-state index in [1.54, 1.807) is 6.07 Å². The number of aromatic nitrogens is 2. The predicted molar refractivity (Wildman–Crippen MR) is 55.4 cm³/mol. The molecule has 0 saturated carbocycles. The lowest BCUT2D eigenvalue weighted by molar-refractivity contribution is 0.0692. The van der Waals surface area contributed by atoms with Crippen molar-refractivity contribution in [1.29, 1.82) is 0 Å². The minimum Gasteiger partial charge on any atom is -0.477 e. The highest BCUT2D eigenvalue weighted by molar-refractivity contribution is 5.93. The van der Waals surface area contributed by atoms with E-state index in [-0.39, 0.29) is 22.9 Å². The Morgan fingerprint density at radius 2 is 2.12 bits per heavy atom. The number of halogens is 1. The van der Waals surface area contributed by atoms with Gasteiger partial charge >= 0.3 is 5.97 Å². The number of rotatable bonds is 2. The molecule has 0 aliphatic rings. The summed E-state index contributed by atoms with van der Waals surface area (Å²) in [6.07, 6.45) is 0. The molecule has 82 valence electrons. The van der Waals surface area contributed by atoms with Gasteiger partial charge in [0.25, 0.3) is 0 Å². The van der Waals surface area contributed by atoms with Gasteiger partial charge in [0.1, 0.15) is 11.5 Å². The summed E-state index contributed by atoms with van der Waals surface area (Å²) in [5, 5.41) is 8.88. The van der Waals surface area contributed by atoms with Crippen molar-refractivity contribution in [2.24, 2.45) is 0 Å². The summed E-state index contributed by atoms with van der Waals surface area (Å²) in [4.78, 5) is 17.0.